The largest absolute Gasteiger partial charge is 0.507 e. The second-order valence-electron chi connectivity index (χ2n) is 8.14. The number of methoxy groups -OCH3 is 2. The summed E-state index contributed by atoms with van der Waals surface area (Å²) >= 11 is 1.28. The molecule has 0 saturated carbocycles. The number of aryl methyl sites for hydroxylation is 1. The first-order valence-corrected chi connectivity index (χ1v) is 11.7. The van der Waals surface area contributed by atoms with Crippen LogP contribution in [-0.2, 0) is 9.59 Å². The van der Waals surface area contributed by atoms with E-state index in [-0.39, 0.29) is 11.3 Å². The van der Waals surface area contributed by atoms with Gasteiger partial charge in [-0.15, -0.1) is 0 Å². The number of aliphatic hydroxyl groups excluding tert-OH is 1. The summed E-state index contributed by atoms with van der Waals surface area (Å²) in [7, 11) is 3.14. The molecule has 1 saturated heterocycles. The van der Waals surface area contributed by atoms with Crippen LogP contribution in [0.5, 0.6) is 11.5 Å². The van der Waals surface area contributed by atoms with Crippen LogP contribution >= 0.6 is 11.3 Å². The molecule has 2 heterocycles. The van der Waals surface area contributed by atoms with E-state index in [0.29, 0.717) is 33.3 Å². The van der Waals surface area contributed by atoms with Crippen LogP contribution in [0.15, 0.2) is 72.3 Å². The van der Waals surface area contributed by atoms with Gasteiger partial charge in [0.1, 0.15) is 17.3 Å². The number of fused-ring (bicyclic) bond motifs is 1. The number of benzene rings is 3. The lowest BCUT2D eigenvalue weighted by atomic mass is 9.95. The summed E-state index contributed by atoms with van der Waals surface area (Å²) in [5.74, 6) is -0.433. The maximum atomic E-state index is 13.4. The zero-order valence-corrected chi connectivity index (χ0v) is 20.1. The Kier molecular flexibility index (Phi) is 5.74. The summed E-state index contributed by atoms with van der Waals surface area (Å²) in [6, 6.07) is 18.8. The first-order chi connectivity index (χ1) is 16.9. The van der Waals surface area contributed by atoms with Crippen LogP contribution in [0.4, 0.5) is 5.13 Å². The second kappa shape index (κ2) is 8.88. The monoisotopic (exact) mass is 486 g/mol. The summed E-state index contributed by atoms with van der Waals surface area (Å²) < 4.78 is 11.4. The quantitative estimate of drug-likeness (QED) is 0.236. The van der Waals surface area contributed by atoms with Crippen LogP contribution in [-0.4, -0.2) is 36.0 Å². The van der Waals surface area contributed by atoms with Gasteiger partial charge in [-0.2, -0.15) is 0 Å². The highest BCUT2D eigenvalue weighted by Gasteiger charge is 2.48. The van der Waals surface area contributed by atoms with E-state index in [1.807, 2.05) is 25.1 Å². The van der Waals surface area contributed by atoms with E-state index < -0.39 is 17.7 Å². The van der Waals surface area contributed by atoms with Crippen molar-refractivity contribution in [1.29, 1.82) is 0 Å². The van der Waals surface area contributed by atoms with Gasteiger partial charge in [-0.05, 0) is 42.8 Å². The van der Waals surface area contributed by atoms with Gasteiger partial charge in [0.15, 0.2) is 5.13 Å². The highest BCUT2D eigenvalue weighted by molar-refractivity contribution is 7.22. The van der Waals surface area contributed by atoms with Crippen molar-refractivity contribution >= 4 is 44.1 Å². The molecule has 1 amide bonds. The van der Waals surface area contributed by atoms with Gasteiger partial charge in [0, 0.05) is 5.56 Å². The van der Waals surface area contributed by atoms with E-state index in [1.165, 1.54) is 16.2 Å². The van der Waals surface area contributed by atoms with Gasteiger partial charge >= 0.3 is 5.91 Å². The second-order valence-corrected chi connectivity index (χ2v) is 9.15. The van der Waals surface area contributed by atoms with E-state index in [0.717, 1.165) is 10.3 Å². The van der Waals surface area contributed by atoms with Gasteiger partial charge < -0.3 is 14.6 Å². The fourth-order valence-electron chi connectivity index (χ4n) is 4.12. The Balaban J connectivity index is 1.70. The molecule has 1 aromatic heterocycles. The minimum Gasteiger partial charge on any atom is -0.507 e. The Bertz CT molecular complexity index is 1470. The Morgan fingerprint density at radius 1 is 0.943 bits per heavy atom. The Labute approximate surface area is 205 Å². The third-order valence-corrected chi connectivity index (χ3v) is 7.01. The maximum Gasteiger partial charge on any atom is 0.301 e. The third-order valence-electron chi connectivity index (χ3n) is 5.99. The lowest BCUT2D eigenvalue weighted by Crippen LogP contribution is -2.29. The predicted octanol–water partition coefficient (Wildman–Crippen LogP) is 5.25. The van der Waals surface area contributed by atoms with Gasteiger partial charge in [-0.1, -0.05) is 53.3 Å². The Morgan fingerprint density at radius 2 is 1.60 bits per heavy atom. The molecule has 8 heteroatoms. The minimum absolute atomic E-state index is 0.0147. The van der Waals surface area contributed by atoms with Crippen molar-refractivity contribution in [1.82, 2.24) is 4.98 Å². The molecule has 0 radical (unpaired) electrons. The van der Waals surface area contributed by atoms with E-state index in [2.05, 4.69) is 4.98 Å². The standard InChI is InChI=1S/C27H22N2O5S/c1-15-4-6-17(7-5-15)24(30)22-23(16-8-10-18(33-2)11-9-16)29(26(32)25(22)31)27-28-20-13-12-19(34-3)14-21(20)35-27/h4-14,23,30H,1-3H3/t23-/m0/s1. The highest BCUT2D eigenvalue weighted by atomic mass is 32.1. The van der Waals surface area contributed by atoms with Crippen molar-refractivity contribution in [3.63, 3.8) is 0 Å². The van der Waals surface area contributed by atoms with E-state index in [9.17, 15) is 14.7 Å². The van der Waals surface area contributed by atoms with Gasteiger partial charge in [0.2, 0.25) is 0 Å². The summed E-state index contributed by atoms with van der Waals surface area (Å²) in [4.78, 5) is 32.7. The molecule has 5 rings (SSSR count). The van der Waals surface area contributed by atoms with Crippen LogP contribution in [0.25, 0.3) is 16.0 Å². The van der Waals surface area contributed by atoms with Gasteiger partial charge in [-0.25, -0.2) is 4.98 Å². The third kappa shape index (κ3) is 3.91. The van der Waals surface area contributed by atoms with Crippen molar-refractivity contribution in [2.45, 2.75) is 13.0 Å². The number of carbonyl (C=O) groups is 2. The molecule has 0 bridgehead atoms. The average molecular weight is 487 g/mol. The fraction of sp³-hybridized carbons (Fsp3) is 0.148. The van der Waals surface area contributed by atoms with Crippen molar-refractivity contribution < 1.29 is 24.2 Å². The molecule has 176 valence electrons. The van der Waals surface area contributed by atoms with Gasteiger partial charge in [-0.3, -0.25) is 14.5 Å². The van der Waals surface area contributed by atoms with Crippen LogP contribution in [0.1, 0.15) is 22.7 Å². The summed E-state index contributed by atoms with van der Waals surface area (Å²) in [6.07, 6.45) is 0. The minimum atomic E-state index is -0.857. The average Bonchev–Trinajstić information content (AvgIpc) is 3.41. The molecular formula is C27H22N2O5S. The van der Waals surface area contributed by atoms with E-state index in [4.69, 9.17) is 9.47 Å². The molecule has 1 aliphatic rings. The fourth-order valence-corrected chi connectivity index (χ4v) is 5.14. The van der Waals surface area contributed by atoms with Crippen LogP contribution in [0.2, 0.25) is 0 Å². The van der Waals surface area contributed by atoms with Crippen molar-refractivity contribution in [2.75, 3.05) is 19.1 Å². The number of aliphatic hydroxyl groups is 1. The number of ketones is 1. The normalized spacial score (nSPS) is 17.2. The number of ether oxygens (including phenoxy) is 2. The van der Waals surface area contributed by atoms with Gasteiger partial charge in [0.25, 0.3) is 5.78 Å². The van der Waals surface area contributed by atoms with Crippen LogP contribution < -0.4 is 14.4 Å². The summed E-state index contributed by atoms with van der Waals surface area (Å²) in [5, 5.41) is 11.6. The van der Waals surface area contributed by atoms with Gasteiger partial charge in [0.05, 0.1) is 36.1 Å². The topological polar surface area (TPSA) is 89.0 Å². The molecule has 3 aromatic carbocycles. The SMILES string of the molecule is COc1ccc([C@H]2C(=C(O)c3ccc(C)cc3)C(=O)C(=O)N2c2nc3ccc(OC)cc3s2)cc1. The molecule has 1 atom stereocenters. The number of Topliss-reactive ketones (excluding diaryl/α,β-unsaturated/α-hetero) is 1. The number of hydrogen-bond donors (Lipinski definition) is 1. The molecule has 7 nitrogen and oxygen atoms in total. The molecule has 1 fully saturated rings. The molecule has 0 spiro atoms. The Hall–Kier alpha value is -4.17. The molecule has 0 aliphatic carbocycles. The summed E-state index contributed by atoms with van der Waals surface area (Å²) in [5.41, 5.74) is 2.82. The highest BCUT2D eigenvalue weighted by Crippen LogP contribution is 2.44. The van der Waals surface area contributed by atoms with E-state index in [1.54, 1.807) is 62.8 Å². The number of carbonyl (C=O) groups excluding carboxylic acids is 2. The van der Waals surface area contributed by atoms with Crippen molar-refractivity contribution in [3.05, 3.63) is 89.0 Å². The number of amides is 1. The lowest BCUT2D eigenvalue weighted by Gasteiger charge is -2.23. The zero-order valence-electron chi connectivity index (χ0n) is 19.3. The lowest BCUT2D eigenvalue weighted by molar-refractivity contribution is -0.132. The molecule has 0 unspecified atom stereocenters. The first-order valence-electron chi connectivity index (χ1n) is 10.9. The molecule has 35 heavy (non-hydrogen) atoms. The summed E-state index contributed by atoms with van der Waals surface area (Å²) in [6.45, 7) is 1.93. The van der Waals surface area contributed by atoms with Crippen molar-refractivity contribution in [2.24, 2.45) is 0 Å². The molecule has 1 aliphatic heterocycles. The van der Waals surface area contributed by atoms with Crippen LogP contribution in [0.3, 0.4) is 0 Å². The number of aromatic nitrogens is 1. The van der Waals surface area contributed by atoms with E-state index >= 15 is 0 Å². The molecular weight excluding hydrogens is 464 g/mol. The number of thiazole rings is 1. The number of nitrogens with zero attached hydrogens (tertiary/aromatic N) is 2. The Morgan fingerprint density at radius 3 is 2.26 bits per heavy atom. The number of hydrogen-bond acceptors (Lipinski definition) is 7. The maximum absolute atomic E-state index is 13.4. The number of anilines is 1. The molecule has 1 N–H and O–H groups in total. The van der Waals surface area contributed by atoms with Crippen molar-refractivity contribution in [3.8, 4) is 11.5 Å². The molecule has 4 aromatic rings. The predicted molar refractivity (Wildman–Crippen MR) is 135 cm³/mol. The van der Waals surface area contributed by atoms with Crippen LogP contribution in [0, 0.1) is 6.92 Å². The number of rotatable bonds is 5. The first kappa shape index (κ1) is 22.6. The zero-order chi connectivity index (χ0) is 24.7. The smallest absolute Gasteiger partial charge is 0.301 e.